The number of para-hydroxylation sites is 1. The summed E-state index contributed by atoms with van der Waals surface area (Å²) in [6, 6.07) is 24.4. The fraction of sp³-hybridized carbons (Fsp3) is 0.231. The summed E-state index contributed by atoms with van der Waals surface area (Å²) in [6.45, 7) is 0. The first-order valence-electron chi connectivity index (χ1n) is 10.4. The van der Waals surface area contributed by atoms with Gasteiger partial charge in [0, 0.05) is 23.6 Å². The van der Waals surface area contributed by atoms with Crippen molar-refractivity contribution in [3.8, 4) is 5.75 Å². The number of esters is 1. The van der Waals surface area contributed by atoms with E-state index in [0.717, 1.165) is 5.56 Å². The van der Waals surface area contributed by atoms with Crippen LogP contribution in [0.2, 0.25) is 0 Å². The van der Waals surface area contributed by atoms with Crippen molar-refractivity contribution in [1.82, 2.24) is 0 Å². The highest BCUT2D eigenvalue weighted by Gasteiger charge is 2.59. The molecule has 3 atom stereocenters. The molecule has 1 heterocycles. The highest BCUT2D eigenvalue weighted by Crippen LogP contribution is 2.47. The number of ether oxygens (including phenoxy) is 2. The van der Waals surface area contributed by atoms with Crippen LogP contribution < -0.4 is 9.64 Å². The van der Waals surface area contributed by atoms with Gasteiger partial charge in [-0.3, -0.25) is 4.79 Å². The van der Waals surface area contributed by atoms with E-state index < -0.39 is 23.7 Å². The molecule has 3 aromatic rings. The molecule has 164 valence electrons. The summed E-state index contributed by atoms with van der Waals surface area (Å²) in [5, 5.41) is 11.6. The molecule has 1 fully saturated rings. The SMILES string of the molecule is COC(=O)[C@@]1(O)C[C@@H](c2ccc(OC)cc2)[C@H](C(=O)c2ccccc2)N1c1ccccc1. The van der Waals surface area contributed by atoms with Gasteiger partial charge in [0.1, 0.15) is 11.8 Å². The van der Waals surface area contributed by atoms with E-state index in [1.54, 1.807) is 55.6 Å². The molecule has 0 aromatic heterocycles. The van der Waals surface area contributed by atoms with Crippen molar-refractivity contribution in [2.24, 2.45) is 0 Å². The predicted octanol–water partition coefficient (Wildman–Crippen LogP) is 3.80. The molecule has 0 aliphatic carbocycles. The van der Waals surface area contributed by atoms with Gasteiger partial charge in [-0.25, -0.2) is 4.79 Å². The van der Waals surface area contributed by atoms with Crippen LogP contribution in [0.3, 0.4) is 0 Å². The van der Waals surface area contributed by atoms with Crippen molar-refractivity contribution in [3.05, 3.63) is 96.1 Å². The Balaban J connectivity index is 1.89. The highest BCUT2D eigenvalue weighted by atomic mass is 16.5. The first kappa shape index (κ1) is 21.6. The summed E-state index contributed by atoms with van der Waals surface area (Å²) in [4.78, 5) is 28.2. The van der Waals surface area contributed by atoms with E-state index in [-0.39, 0.29) is 12.2 Å². The van der Waals surface area contributed by atoms with Gasteiger partial charge in [0.25, 0.3) is 0 Å². The number of nitrogens with zero attached hydrogens (tertiary/aromatic N) is 1. The molecule has 3 aromatic carbocycles. The van der Waals surface area contributed by atoms with Gasteiger partial charge < -0.3 is 19.5 Å². The number of methoxy groups -OCH3 is 2. The molecule has 32 heavy (non-hydrogen) atoms. The first-order chi connectivity index (χ1) is 15.5. The van der Waals surface area contributed by atoms with E-state index in [1.165, 1.54) is 12.0 Å². The molecule has 0 amide bonds. The van der Waals surface area contributed by atoms with E-state index in [9.17, 15) is 14.7 Å². The Labute approximate surface area is 187 Å². The van der Waals surface area contributed by atoms with Crippen molar-refractivity contribution in [2.75, 3.05) is 19.1 Å². The maximum absolute atomic E-state index is 13.8. The summed E-state index contributed by atoms with van der Waals surface area (Å²) >= 11 is 0. The summed E-state index contributed by atoms with van der Waals surface area (Å²) in [7, 11) is 2.82. The van der Waals surface area contributed by atoms with Crippen LogP contribution in [0, 0.1) is 0 Å². The number of ketones is 1. The molecule has 0 bridgehead atoms. The molecule has 1 saturated heterocycles. The van der Waals surface area contributed by atoms with Gasteiger partial charge in [-0.2, -0.15) is 0 Å². The average Bonchev–Trinajstić information content (AvgIpc) is 3.18. The number of benzene rings is 3. The summed E-state index contributed by atoms with van der Waals surface area (Å²) in [5.74, 6) is -0.767. The fourth-order valence-electron chi connectivity index (χ4n) is 4.46. The molecule has 0 saturated carbocycles. The van der Waals surface area contributed by atoms with E-state index >= 15 is 0 Å². The van der Waals surface area contributed by atoms with E-state index in [4.69, 9.17) is 9.47 Å². The smallest absolute Gasteiger partial charge is 0.359 e. The van der Waals surface area contributed by atoms with E-state index in [2.05, 4.69) is 0 Å². The maximum Gasteiger partial charge on any atom is 0.359 e. The molecular formula is C26H25NO5. The molecule has 1 aliphatic heterocycles. The largest absolute Gasteiger partial charge is 0.497 e. The second kappa shape index (κ2) is 8.85. The molecule has 1 aliphatic rings. The standard InChI is InChI=1S/C26H25NO5/c1-31-21-15-13-18(14-16-21)22-17-26(30,25(29)32-2)27(20-11-7-4-8-12-20)23(22)24(28)19-9-5-3-6-10-19/h3-16,22-23,30H,17H2,1-2H3/t22-,23+,26-/m0/s1. The van der Waals surface area contributed by atoms with Gasteiger partial charge in [0.05, 0.1) is 14.2 Å². The average molecular weight is 431 g/mol. The Kier molecular flexibility index (Phi) is 5.97. The number of hydrogen-bond acceptors (Lipinski definition) is 6. The van der Waals surface area contributed by atoms with Gasteiger partial charge in [-0.1, -0.05) is 60.7 Å². The quantitative estimate of drug-likeness (QED) is 0.473. The minimum atomic E-state index is -2.00. The molecule has 6 nitrogen and oxygen atoms in total. The number of Topliss-reactive ketones (excluding diaryl/α,β-unsaturated/α-hetero) is 1. The third-order valence-electron chi connectivity index (χ3n) is 5.98. The van der Waals surface area contributed by atoms with Crippen molar-refractivity contribution >= 4 is 17.4 Å². The van der Waals surface area contributed by atoms with Crippen LogP contribution in [0.15, 0.2) is 84.9 Å². The molecule has 1 N–H and O–H groups in total. The first-order valence-corrected chi connectivity index (χ1v) is 10.4. The Morgan fingerprint density at radius 3 is 2.06 bits per heavy atom. The Morgan fingerprint density at radius 2 is 1.50 bits per heavy atom. The Hall–Kier alpha value is -3.64. The lowest BCUT2D eigenvalue weighted by Crippen LogP contribution is -2.55. The zero-order valence-electron chi connectivity index (χ0n) is 18.0. The molecule has 6 heteroatoms. The second-order valence-electron chi connectivity index (χ2n) is 7.77. The van der Waals surface area contributed by atoms with Gasteiger partial charge in [-0.15, -0.1) is 0 Å². The van der Waals surface area contributed by atoms with E-state index in [1.807, 2.05) is 36.4 Å². The minimum absolute atomic E-state index is 0.00410. The van der Waals surface area contributed by atoms with Gasteiger partial charge in [-0.05, 0) is 29.8 Å². The number of hydrogen-bond donors (Lipinski definition) is 1. The monoisotopic (exact) mass is 431 g/mol. The lowest BCUT2D eigenvalue weighted by molar-refractivity contribution is -0.161. The van der Waals surface area contributed by atoms with Gasteiger partial charge >= 0.3 is 5.97 Å². The zero-order chi connectivity index (χ0) is 22.7. The van der Waals surface area contributed by atoms with Gasteiger partial charge in [0.15, 0.2) is 5.78 Å². The fourth-order valence-corrected chi connectivity index (χ4v) is 4.46. The van der Waals surface area contributed by atoms with Crippen molar-refractivity contribution in [1.29, 1.82) is 0 Å². The Morgan fingerprint density at radius 1 is 0.906 bits per heavy atom. The number of carbonyl (C=O) groups excluding carboxylic acids is 2. The molecule has 4 rings (SSSR count). The maximum atomic E-state index is 13.8. The minimum Gasteiger partial charge on any atom is -0.497 e. The lowest BCUT2D eigenvalue weighted by atomic mass is 9.86. The summed E-state index contributed by atoms with van der Waals surface area (Å²) in [6.07, 6.45) is 0.00410. The zero-order valence-corrected chi connectivity index (χ0v) is 18.0. The normalized spacial score (nSPS) is 22.4. The lowest BCUT2D eigenvalue weighted by Gasteiger charge is -2.36. The van der Waals surface area contributed by atoms with Crippen LogP contribution in [0.4, 0.5) is 5.69 Å². The van der Waals surface area contributed by atoms with Crippen LogP contribution in [0.25, 0.3) is 0 Å². The third-order valence-corrected chi connectivity index (χ3v) is 5.98. The van der Waals surface area contributed by atoms with Crippen LogP contribution in [0.5, 0.6) is 5.75 Å². The number of anilines is 1. The third kappa shape index (κ3) is 3.74. The van der Waals surface area contributed by atoms with Crippen LogP contribution in [0.1, 0.15) is 28.3 Å². The molecule has 0 radical (unpaired) electrons. The van der Waals surface area contributed by atoms with Crippen LogP contribution in [-0.4, -0.2) is 42.8 Å². The number of rotatable bonds is 6. The summed E-state index contributed by atoms with van der Waals surface area (Å²) < 4.78 is 10.2. The molecule has 0 spiro atoms. The second-order valence-corrected chi connectivity index (χ2v) is 7.77. The van der Waals surface area contributed by atoms with Crippen molar-refractivity contribution < 1.29 is 24.2 Å². The van der Waals surface area contributed by atoms with Crippen LogP contribution in [-0.2, 0) is 9.53 Å². The topological polar surface area (TPSA) is 76.1 Å². The van der Waals surface area contributed by atoms with Gasteiger partial charge in [0.2, 0.25) is 5.72 Å². The number of carbonyl (C=O) groups is 2. The number of aliphatic hydroxyl groups is 1. The summed E-state index contributed by atoms with van der Waals surface area (Å²) in [5.41, 5.74) is -0.118. The van der Waals surface area contributed by atoms with Crippen LogP contribution >= 0.6 is 0 Å². The van der Waals surface area contributed by atoms with Crippen molar-refractivity contribution in [3.63, 3.8) is 0 Å². The molecular weight excluding hydrogens is 406 g/mol. The molecule has 0 unspecified atom stereocenters. The predicted molar refractivity (Wildman–Crippen MR) is 121 cm³/mol. The Bertz CT molecular complexity index is 1080. The highest BCUT2D eigenvalue weighted by molar-refractivity contribution is 6.05. The van der Waals surface area contributed by atoms with E-state index in [0.29, 0.717) is 17.0 Å². The van der Waals surface area contributed by atoms with Crippen molar-refractivity contribution in [2.45, 2.75) is 24.1 Å².